The highest BCUT2D eigenvalue weighted by atomic mass is 14.8. The Labute approximate surface area is 155 Å². The van der Waals surface area contributed by atoms with E-state index in [0.717, 1.165) is 27.9 Å². The fourth-order valence-corrected chi connectivity index (χ4v) is 3.88. The van der Waals surface area contributed by atoms with Crippen molar-refractivity contribution in [2.24, 2.45) is 4.99 Å². The first-order valence-electron chi connectivity index (χ1n) is 9.32. The smallest absolute Gasteiger partial charge is 0.0971 e. The van der Waals surface area contributed by atoms with E-state index in [4.69, 9.17) is 10.4 Å². The highest BCUT2D eigenvalue weighted by Crippen LogP contribution is 2.38. The van der Waals surface area contributed by atoms with E-state index in [1.54, 1.807) is 0 Å². The van der Waals surface area contributed by atoms with E-state index >= 15 is 0 Å². The minimum absolute atomic E-state index is 0.391. The van der Waals surface area contributed by atoms with Crippen molar-refractivity contribution in [3.8, 4) is 0 Å². The minimum Gasteiger partial charge on any atom is -0.298 e. The predicted octanol–water partition coefficient (Wildman–Crippen LogP) is 6.59. The van der Waals surface area contributed by atoms with Crippen LogP contribution in [0.2, 0.25) is 0 Å². The maximum atomic E-state index is 8.75. The minimum atomic E-state index is 0.391. The standard InChI is InChI=1S/C24H24N2/c1-14(2)17-10-7-11-18(15(3)4)23(17)26-24-20-13-6-9-16-8-5-12-19(21(16)20)22(24)25/h5-15,25H,1-4H3/b25-22?,26-24+. The number of hydrogen-bond acceptors (Lipinski definition) is 2. The van der Waals surface area contributed by atoms with E-state index in [1.165, 1.54) is 16.5 Å². The van der Waals surface area contributed by atoms with Crippen molar-refractivity contribution in [2.45, 2.75) is 39.5 Å². The van der Waals surface area contributed by atoms with Gasteiger partial charge >= 0.3 is 0 Å². The zero-order valence-corrected chi connectivity index (χ0v) is 15.8. The lowest BCUT2D eigenvalue weighted by atomic mass is 9.92. The van der Waals surface area contributed by atoms with Gasteiger partial charge in [-0.3, -0.25) is 5.41 Å². The number of nitrogens with zero attached hydrogens (tertiary/aromatic N) is 1. The van der Waals surface area contributed by atoms with Crippen LogP contribution in [0.15, 0.2) is 59.6 Å². The van der Waals surface area contributed by atoms with Crippen LogP contribution < -0.4 is 0 Å². The third kappa shape index (κ3) is 2.48. The molecular formula is C24H24N2. The Morgan fingerprint density at radius 2 is 1.27 bits per heavy atom. The summed E-state index contributed by atoms with van der Waals surface area (Å²) in [7, 11) is 0. The molecule has 0 aromatic heterocycles. The van der Waals surface area contributed by atoms with Crippen LogP contribution in [0.3, 0.4) is 0 Å². The molecule has 0 aliphatic heterocycles. The third-order valence-electron chi connectivity index (χ3n) is 5.23. The number of rotatable bonds is 3. The van der Waals surface area contributed by atoms with E-state index in [0.29, 0.717) is 17.5 Å². The molecule has 0 saturated heterocycles. The Balaban J connectivity index is 2.00. The predicted molar refractivity (Wildman–Crippen MR) is 112 cm³/mol. The van der Waals surface area contributed by atoms with Gasteiger partial charge in [-0.2, -0.15) is 0 Å². The number of aliphatic imine (C=N–C) groups is 1. The molecule has 0 atom stereocenters. The van der Waals surface area contributed by atoms with E-state index < -0.39 is 0 Å². The van der Waals surface area contributed by atoms with Gasteiger partial charge in [0.2, 0.25) is 0 Å². The largest absolute Gasteiger partial charge is 0.298 e. The summed E-state index contributed by atoms with van der Waals surface area (Å²) in [5.41, 5.74) is 6.94. The molecule has 0 heterocycles. The lowest BCUT2D eigenvalue weighted by Gasteiger charge is -2.17. The maximum Gasteiger partial charge on any atom is 0.0971 e. The summed E-state index contributed by atoms with van der Waals surface area (Å²) in [5.74, 6) is 0.781. The highest BCUT2D eigenvalue weighted by Gasteiger charge is 2.26. The molecule has 3 aromatic rings. The molecule has 2 heteroatoms. The van der Waals surface area contributed by atoms with Gasteiger partial charge < -0.3 is 0 Å². The first-order valence-corrected chi connectivity index (χ1v) is 9.32. The van der Waals surface area contributed by atoms with Crippen LogP contribution in [0.5, 0.6) is 0 Å². The van der Waals surface area contributed by atoms with Gasteiger partial charge in [-0.05, 0) is 28.3 Å². The van der Waals surface area contributed by atoms with Crippen molar-refractivity contribution in [3.05, 3.63) is 76.9 Å². The Morgan fingerprint density at radius 1 is 0.731 bits per heavy atom. The molecule has 1 N–H and O–H groups in total. The van der Waals surface area contributed by atoms with Crippen LogP contribution in [0.25, 0.3) is 10.8 Å². The number of benzene rings is 3. The van der Waals surface area contributed by atoms with Crippen LogP contribution in [0.1, 0.15) is 61.8 Å². The molecular weight excluding hydrogens is 316 g/mol. The molecule has 0 radical (unpaired) electrons. The molecule has 0 fully saturated rings. The highest BCUT2D eigenvalue weighted by molar-refractivity contribution is 6.60. The summed E-state index contributed by atoms with van der Waals surface area (Å²) >= 11 is 0. The zero-order valence-electron chi connectivity index (χ0n) is 15.8. The van der Waals surface area contributed by atoms with E-state index in [9.17, 15) is 0 Å². The number of nitrogens with one attached hydrogen (secondary N) is 1. The van der Waals surface area contributed by atoms with Crippen molar-refractivity contribution in [3.63, 3.8) is 0 Å². The molecule has 0 unspecified atom stereocenters. The topological polar surface area (TPSA) is 36.2 Å². The van der Waals surface area contributed by atoms with Crippen molar-refractivity contribution < 1.29 is 0 Å². The Bertz CT molecular complexity index is 1020. The summed E-state index contributed by atoms with van der Waals surface area (Å²) in [4.78, 5) is 5.11. The third-order valence-corrected chi connectivity index (χ3v) is 5.23. The summed E-state index contributed by atoms with van der Waals surface area (Å²) in [5, 5.41) is 11.1. The molecule has 0 amide bonds. The molecule has 130 valence electrons. The van der Waals surface area contributed by atoms with Gasteiger partial charge in [0.1, 0.15) is 0 Å². The van der Waals surface area contributed by atoms with Crippen molar-refractivity contribution >= 4 is 27.9 Å². The molecule has 1 aliphatic carbocycles. The van der Waals surface area contributed by atoms with Gasteiger partial charge in [0, 0.05) is 16.5 Å². The normalized spacial score (nSPS) is 15.0. The molecule has 0 bridgehead atoms. The molecule has 2 nitrogen and oxygen atoms in total. The van der Waals surface area contributed by atoms with Crippen LogP contribution in [-0.4, -0.2) is 11.4 Å². The van der Waals surface area contributed by atoms with E-state index in [2.05, 4.69) is 70.2 Å². The lowest BCUT2D eigenvalue weighted by Crippen LogP contribution is -2.09. The van der Waals surface area contributed by atoms with Crippen LogP contribution in [-0.2, 0) is 0 Å². The van der Waals surface area contributed by atoms with Gasteiger partial charge in [0.25, 0.3) is 0 Å². The first kappa shape index (κ1) is 16.7. The summed E-state index contributed by atoms with van der Waals surface area (Å²) in [6, 6.07) is 18.9. The molecule has 1 aliphatic rings. The van der Waals surface area contributed by atoms with Crippen molar-refractivity contribution in [1.82, 2.24) is 0 Å². The molecule has 0 saturated carbocycles. The first-order chi connectivity index (χ1) is 12.5. The molecule has 4 rings (SSSR count). The van der Waals surface area contributed by atoms with Gasteiger partial charge in [0.15, 0.2) is 0 Å². The molecule has 3 aromatic carbocycles. The van der Waals surface area contributed by atoms with Gasteiger partial charge in [-0.25, -0.2) is 4.99 Å². The zero-order chi connectivity index (χ0) is 18.4. The number of para-hydroxylation sites is 1. The monoisotopic (exact) mass is 340 g/mol. The fourth-order valence-electron chi connectivity index (χ4n) is 3.88. The van der Waals surface area contributed by atoms with Gasteiger partial charge in [-0.15, -0.1) is 0 Å². The summed E-state index contributed by atoms with van der Waals surface area (Å²) in [6.45, 7) is 8.83. The van der Waals surface area contributed by atoms with Crippen LogP contribution >= 0.6 is 0 Å². The second-order valence-corrected chi connectivity index (χ2v) is 7.64. The Kier molecular flexibility index (Phi) is 3.99. The summed E-state index contributed by atoms with van der Waals surface area (Å²) in [6.07, 6.45) is 0. The summed E-state index contributed by atoms with van der Waals surface area (Å²) < 4.78 is 0. The SMILES string of the molecule is CC(C)c1cccc(C(C)C)c1/N=C1/C(=N)c2cccc3cccc1c23. The Hall–Kier alpha value is -2.74. The molecule has 0 spiro atoms. The van der Waals surface area contributed by atoms with Gasteiger partial charge in [0.05, 0.1) is 17.1 Å². The van der Waals surface area contributed by atoms with Crippen molar-refractivity contribution in [1.29, 1.82) is 5.41 Å². The van der Waals surface area contributed by atoms with E-state index in [1.807, 2.05) is 12.1 Å². The number of hydrogen-bond donors (Lipinski definition) is 1. The fraction of sp³-hybridized carbons (Fsp3) is 0.250. The van der Waals surface area contributed by atoms with E-state index in [-0.39, 0.29) is 0 Å². The Morgan fingerprint density at radius 3 is 1.85 bits per heavy atom. The maximum absolute atomic E-state index is 8.75. The van der Waals surface area contributed by atoms with Crippen molar-refractivity contribution in [2.75, 3.05) is 0 Å². The van der Waals surface area contributed by atoms with Crippen LogP contribution in [0, 0.1) is 5.41 Å². The second kappa shape index (κ2) is 6.21. The second-order valence-electron chi connectivity index (χ2n) is 7.64. The lowest BCUT2D eigenvalue weighted by molar-refractivity contribution is 0.835. The van der Waals surface area contributed by atoms with Gasteiger partial charge in [-0.1, -0.05) is 82.3 Å². The van der Waals surface area contributed by atoms with Crippen LogP contribution in [0.4, 0.5) is 5.69 Å². The quantitative estimate of drug-likeness (QED) is 0.558. The average Bonchev–Trinajstić information content (AvgIpc) is 2.90. The molecule has 26 heavy (non-hydrogen) atoms. The average molecular weight is 340 g/mol.